The molecule has 2 heterocycles. The van der Waals surface area contributed by atoms with Crippen LogP contribution < -0.4 is 5.32 Å². The van der Waals surface area contributed by atoms with Crippen molar-refractivity contribution in [1.29, 1.82) is 0 Å². The lowest BCUT2D eigenvalue weighted by atomic mass is 10.2. The summed E-state index contributed by atoms with van der Waals surface area (Å²) in [6, 6.07) is 0.510. The van der Waals surface area contributed by atoms with Gasteiger partial charge in [-0.15, -0.1) is 0 Å². The van der Waals surface area contributed by atoms with Gasteiger partial charge >= 0.3 is 0 Å². The van der Waals surface area contributed by atoms with E-state index in [1.54, 1.807) is 0 Å². The van der Waals surface area contributed by atoms with Crippen LogP contribution in [-0.2, 0) is 6.42 Å². The van der Waals surface area contributed by atoms with Crippen molar-refractivity contribution in [1.82, 2.24) is 15.5 Å². The molecule has 0 amide bonds. The summed E-state index contributed by atoms with van der Waals surface area (Å²) in [7, 11) is 0. The molecule has 2 atom stereocenters. The van der Waals surface area contributed by atoms with E-state index in [4.69, 9.17) is 4.52 Å². The Morgan fingerprint density at radius 3 is 3.18 bits per heavy atom. The fraction of sp³-hybridized carbons (Fsp3) is 0.833. The Labute approximate surface area is 107 Å². The molecule has 2 rings (SSSR count). The number of thioether (sulfide) groups is 1. The van der Waals surface area contributed by atoms with Crippen molar-refractivity contribution in [2.75, 3.05) is 12.3 Å². The van der Waals surface area contributed by atoms with Crippen molar-refractivity contribution in [3.05, 3.63) is 11.7 Å². The smallest absolute Gasteiger partial charge is 0.226 e. The van der Waals surface area contributed by atoms with Crippen molar-refractivity contribution in [2.45, 2.75) is 50.8 Å². The van der Waals surface area contributed by atoms with Crippen LogP contribution in [0.15, 0.2) is 4.52 Å². The lowest BCUT2D eigenvalue weighted by molar-refractivity contribution is 0.362. The van der Waals surface area contributed by atoms with Crippen LogP contribution in [0, 0.1) is 0 Å². The second kappa shape index (κ2) is 6.40. The lowest BCUT2D eigenvalue weighted by Gasteiger charge is -2.09. The molecule has 4 nitrogen and oxygen atoms in total. The van der Waals surface area contributed by atoms with Gasteiger partial charge in [-0.05, 0) is 38.5 Å². The second-order valence-electron chi connectivity index (χ2n) is 4.55. The molecule has 1 aliphatic heterocycles. The molecule has 1 aliphatic rings. The number of hydrogen-bond acceptors (Lipinski definition) is 5. The van der Waals surface area contributed by atoms with Crippen LogP contribution in [-0.4, -0.2) is 28.5 Å². The molecule has 0 radical (unpaired) electrons. The summed E-state index contributed by atoms with van der Waals surface area (Å²) < 4.78 is 5.30. The average Bonchev–Trinajstić information content (AvgIpc) is 2.97. The Morgan fingerprint density at radius 2 is 2.47 bits per heavy atom. The Bertz CT molecular complexity index is 336. The van der Waals surface area contributed by atoms with E-state index in [-0.39, 0.29) is 0 Å². The zero-order chi connectivity index (χ0) is 12.1. The van der Waals surface area contributed by atoms with Gasteiger partial charge in [0.25, 0.3) is 0 Å². The first-order valence-electron chi connectivity index (χ1n) is 6.47. The molecule has 0 spiro atoms. The van der Waals surface area contributed by atoms with Gasteiger partial charge in [0.15, 0.2) is 5.82 Å². The third kappa shape index (κ3) is 3.71. The van der Waals surface area contributed by atoms with Gasteiger partial charge in [0.2, 0.25) is 5.89 Å². The molecule has 17 heavy (non-hydrogen) atoms. The lowest BCUT2D eigenvalue weighted by Crippen LogP contribution is -2.25. The Kier molecular flexibility index (Phi) is 4.86. The van der Waals surface area contributed by atoms with Crippen LogP contribution in [0.4, 0.5) is 0 Å². The van der Waals surface area contributed by atoms with Crippen molar-refractivity contribution >= 4 is 11.8 Å². The van der Waals surface area contributed by atoms with Crippen LogP contribution in [0.25, 0.3) is 0 Å². The maximum absolute atomic E-state index is 5.30. The zero-order valence-corrected chi connectivity index (χ0v) is 11.4. The minimum Gasteiger partial charge on any atom is -0.339 e. The Hall–Kier alpha value is -0.550. The maximum atomic E-state index is 5.30. The van der Waals surface area contributed by atoms with Crippen LogP contribution in [0.2, 0.25) is 0 Å². The summed E-state index contributed by atoms with van der Waals surface area (Å²) in [6.07, 6.45) is 4.39. The van der Waals surface area contributed by atoms with Crippen LogP contribution >= 0.6 is 11.8 Å². The Morgan fingerprint density at radius 1 is 1.59 bits per heavy atom. The predicted molar refractivity (Wildman–Crippen MR) is 70.2 cm³/mol. The molecular weight excluding hydrogens is 234 g/mol. The number of hydrogen-bond donors (Lipinski definition) is 1. The quantitative estimate of drug-likeness (QED) is 0.846. The van der Waals surface area contributed by atoms with Crippen molar-refractivity contribution < 1.29 is 4.52 Å². The fourth-order valence-corrected chi connectivity index (χ4v) is 3.27. The number of rotatable bonds is 6. The zero-order valence-electron chi connectivity index (χ0n) is 10.6. The summed E-state index contributed by atoms with van der Waals surface area (Å²) in [6.45, 7) is 5.32. The fourth-order valence-electron chi connectivity index (χ4n) is 2.07. The molecule has 0 aliphatic carbocycles. The SMILES string of the molecule is CCNC(C)CCc1nc(C2CCCS2)no1. The highest BCUT2D eigenvalue weighted by molar-refractivity contribution is 7.99. The van der Waals surface area contributed by atoms with E-state index in [1.807, 2.05) is 11.8 Å². The molecule has 1 N–H and O–H groups in total. The van der Waals surface area contributed by atoms with Crippen LogP contribution in [0.5, 0.6) is 0 Å². The molecule has 2 unspecified atom stereocenters. The van der Waals surface area contributed by atoms with Crippen LogP contribution in [0.1, 0.15) is 50.1 Å². The molecule has 1 saturated heterocycles. The molecule has 1 aromatic heterocycles. The van der Waals surface area contributed by atoms with Gasteiger partial charge < -0.3 is 9.84 Å². The van der Waals surface area contributed by atoms with Gasteiger partial charge in [-0.25, -0.2) is 0 Å². The molecule has 96 valence electrons. The first kappa shape index (κ1) is 12.9. The molecule has 0 aromatic carbocycles. The van der Waals surface area contributed by atoms with Gasteiger partial charge in [0, 0.05) is 12.5 Å². The van der Waals surface area contributed by atoms with Gasteiger partial charge in [0.05, 0.1) is 5.25 Å². The summed E-state index contributed by atoms with van der Waals surface area (Å²) in [5.74, 6) is 2.92. The average molecular weight is 255 g/mol. The largest absolute Gasteiger partial charge is 0.339 e. The molecular formula is C12H21N3OS. The maximum Gasteiger partial charge on any atom is 0.226 e. The molecule has 1 aromatic rings. The number of aromatic nitrogens is 2. The highest BCUT2D eigenvalue weighted by atomic mass is 32.2. The predicted octanol–water partition coefficient (Wildman–Crippen LogP) is 2.57. The summed E-state index contributed by atoms with van der Waals surface area (Å²) in [5.41, 5.74) is 0. The van der Waals surface area contributed by atoms with Gasteiger partial charge in [0.1, 0.15) is 0 Å². The van der Waals surface area contributed by atoms with E-state index in [9.17, 15) is 0 Å². The summed E-state index contributed by atoms with van der Waals surface area (Å²) in [5, 5.41) is 7.95. The van der Waals surface area contributed by atoms with E-state index in [1.165, 1.54) is 18.6 Å². The van der Waals surface area contributed by atoms with E-state index in [0.29, 0.717) is 11.3 Å². The Balaban J connectivity index is 1.81. The third-order valence-corrected chi connectivity index (χ3v) is 4.42. The highest BCUT2D eigenvalue weighted by Gasteiger charge is 2.22. The molecule has 5 heteroatoms. The second-order valence-corrected chi connectivity index (χ2v) is 5.86. The van der Waals surface area contributed by atoms with Crippen molar-refractivity contribution in [2.24, 2.45) is 0 Å². The standard InChI is InChI=1S/C12H21N3OS/c1-3-13-9(2)6-7-11-14-12(15-16-11)10-5-4-8-17-10/h9-10,13H,3-8H2,1-2H3. The molecule has 1 fully saturated rings. The van der Waals surface area contributed by atoms with E-state index in [0.717, 1.165) is 31.1 Å². The van der Waals surface area contributed by atoms with E-state index in [2.05, 4.69) is 29.3 Å². The minimum atomic E-state index is 0.471. The number of nitrogens with one attached hydrogen (secondary N) is 1. The monoisotopic (exact) mass is 255 g/mol. The van der Waals surface area contributed by atoms with E-state index < -0.39 is 0 Å². The topological polar surface area (TPSA) is 51.0 Å². The normalized spacial score (nSPS) is 21.9. The first-order chi connectivity index (χ1) is 8.29. The third-order valence-electron chi connectivity index (χ3n) is 3.05. The van der Waals surface area contributed by atoms with E-state index >= 15 is 0 Å². The highest BCUT2D eigenvalue weighted by Crippen LogP contribution is 2.38. The molecule has 0 saturated carbocycles. The van der Waals surface area contributed by atoms with Crippen molar-refractivity contribution in [3.63, 3.8) is 0 Å². The van der Waals surface area contributed by atoms with Gasteiger partial charge in [-0.3, -0.25) is 0 Å². The summed E-state index contributed by atoms with van der Waals surface area (Å²) in [4.78, 5) is 4.50. The van der Waals surface area contributed by atoms with Gasteiger partial charge in [-0.2, -0.15) is 16.7 Å². The number of aryl methyl sites for hydroxylation is 1. The van der Waals surface area contributed by atoms with Crippen LogP contribution in [0.3, 0.4) is 0 Å². The first-order valence-corrected chi connectivity index (χ1v) is 7.52. The molecule has 0 bridgehead atoms. The minimum absolute atomic E-state index is 0.471. The number of nitrogens with zero attached hydrogens (tertiary/aromatic N) is 2. The van der Waals surface area contributed by atoms with Crippen molar-refractivity contribution in [3.8, 4) is 0 Å². The summed E-state index contributed by atoms with van der Waals surface area (Å²) >= 11 is 1.94. The van der Waals surface area contributed by atoms with Gasteiger partial charge in [-0.1, -0.05) is 12.1 Å².